The van der Waals surface area contributed by atoms with Gasteiger partial charge in [-0.05, 0) is 80.2 Å². The van der Waals surface area contributed by atoms with Gasteiger partial charge in [-0.1, -0.05) is 6.07 Å². The number of nitrogens with zero attached hydrogens (tertiary/aromatic N) is 1. The van der Waals surface area contributed by atoms with Crippen molar-refractivity contribution in [3.63, 3.8) is 0 Å². The van der Waals surface area contributed by atoms with Crippen LogP contribution in [0.4, 0.5) is 0 Å². The zero-order valence-electron chi connectivity index (χ0n) is 24.4. The van der Waals surface area contributed by atoms with E-state index in [0.717, 1.165) is 13.0 Å². The molecule has 0 fully saturated rings. The van der Waals surface area contributed by atoms with Gasteiger partial charge in [-0.3, -0.25) is 0 Å². The molecule has 0 radical (unpaired) electrons. The van der Waals surface area contributed by atoms with E-state index in [2.05, 4.69) is 4.90 Å². The summed E-state index contributed by atoms with van der Waals surface area (Å²) in [5, 5.41) is 12.1. The van der Waals surface area contributed by atoms with Crippen LogP contribution >= 0.6 is 0 Å². The average Bonchev–Trinajstić information content (AvgIpc) is 3.56. The Morgan fingerprint density at radius 3 is 2.24 bits per heavy atom. The van der Waals surface area contributed by atoms with Crippen LogP contribution in [-0.4, -0.2) is 71.3 Å². The Labute approximate surface area is 244 Å². The van der Waals surface area contributed by atoms with Gasteiger partial charge >= 0.3 is 5.97 Å². The molecule has 2 aliphatic heterocycles. The summed E-state index contributed by atoms with van der Waals surface area (Å²) in [5.41, 5.74) is 2.20. The van der Waals surface area contributed by atoms with E-state index in [9.17, 15) is 9.90 Å². The Kier molecular flexibility index (Phi) is 8.46. The van der Waals surface area contributed by atoms with Gasteiger partial charge < -0.3 is 43.2 Å². The molecule has 42 heavy (non-hydrogen) atoms. The second-order valence-electron chi connectivity index (χ2n) is 10.2. The fourth-order valence-electron chi connectivity index (χ4n) is 5.11. The highest BCUT2D eigenvalue weighted by Gasteiger charge is 2.48. The molecular formula is C32H35NO9. The SMILES string of the molecule is COc1cc(CC2=C(c3ccc4c(c3)OCO4)C(=O)OC2(O)c2ccc(OCCCN(C)C)cc2)cc(OC)c1OC. The van der Waals surface area contributed by atoms with Gasteiger partial charge in [0.05, 0.1) is 33.5 Å². The number of hydrogen-bond donors (Lipinski definition) is 1. The van der Waals surface area contributed by atoms with Crippen molar-refractivity contribution in [3.8, 4) is 34.5 Å². The Balaban J connectivity index is 1.56. The normalized spacial score (nSPS) is 17.5. The van der Waals surface area contributed by atoms with Crippen molar-refractivity contribution in [2.45, 2.75) is 18.6 Å². The molecule has 2 aliphatic rings. The topological polar surface area (TPSA) is 105 Å². The van der Waals surface area contributed by atoms with Gasteiger partial charge in [0.1, 0.15) is 5.75 Å². The van der Waals surface area contributed by atoms with Crippen molar-refractivity contribution in [2.24, 2.45) is 0 Å². The van der Waals surface area contributed by atoms with E-state index in [-0.39, 0.29) is 18.8 Å². The first kappa shape index (κ1) is 29.1. The van der Waals surface area contributed by atoms with E-state index in [0.29, 0.717) is 63.4 Å². The molecule has 10 nitrogen and oxygen atoms in total. The van der Waals surface area contributed by atoms with Crippen LogP contribution in [0.5, 0.6) is 34.5 Å². The molecule has 0 aromatic heterocycles. The van der Waals surface area contributed by atoms with Crippen LogP contribution in [0.2, 0.25) is 0 Å². The number of rotatable bonds is 12. The molecule has 0 amide bonds. The maximum absolute atomic E-state index is 13.5. The Morgan fingerprint density at radius 1 is 0.905 bits per heavy atom. The number of hydrogen-bond acceptors (Lipinski definition) is 10. The van der Waals surface area contributed by atoms with Gasteiger partial charge in [-0.2, -0.15) is 0 Å². The fourth-order valence-corrected chi connectivity index (χ4v) is 5.11. The molecule has 1 unspecified atom stereocenters. The van der Waals surface area contributed by atoms with Crippen LogP contribution in [0.3, 0.4) is 0 Å². The van der Waals surface area contributed by atoms with Gasteiger partial charge in [0.2, 0.25) is 12.5 Å². The lowest BCUT2D eigenvalue weighted by molar-refractivity contribution is -0.185. The third kappa shape index (κ3) is 5.68. The van der Waals surface area contributed by atoms with Crippen LogP contribution in [-0.2, 0) is 21.7 Å². The molecule has 1 N–H and O–H groups in total. The summed E-state index contributed by atoms with van der Waals surface area (Å²) in [6.45, 7) is 1.55. The van der Waals surface area contributed by atoms with Crippen molar-refractivity contribution < 1.29 is 43.1 Å². The smallest absolute Gasteiger partial charge is 0.342 e. The molecule has 1 atom stereocenters. The first-order valence-corrected chi connectivity index (χ1v) is 13.5. The van der Waals surface area contributed by atoms with E-state index < -0.39 is 11.8 Å². The zero-order valence-corrected chi connectivity index (χ0v) is 24.4. The molecule has 0 saturated heterocycles. The van der Waals surface area contributed by atoms with Crippen molar-refractivity contribution >= 4 is 11.5 Å². The van der Waals surface area contributed by atoms with Crippen LogP contribution < -0.4 is 28.4 Å². The van der Waals surface area contributed by atoms with E-state index in [1.165, 1.54) is 21.3 Å². The van der Waals surface area contributed by atoms with Gasteiger partial charge in [0.15, 0.2) is 23.0 Å². The predicted molar refractivity (Wildman–Crippen MR) is 154 cm³/mol. The summed E-state index contributed by atoms with van der Waals surface area (Å²) >= 11 is 0. The third-order valence-corrected chi connectivity index (χ3v) is 7.19. The van der Waals surface area contributed by atoms with Gasteiger partial charge in [0, 0.05) is 24.1 Å². The molecule has 0 saturated carbocycles. The number of benzene rings is 3. The first-order valence-electron chi connectivity index (χ1n) is 13.5. The number of cyclic esters (lactones) is 1. The summed E-state index contributed by atoms with van der Waals surface area (Å²) in [5.74, 6) is 0.346. The van der Waals surface area contributed by atoms with Crippen molar-refractivity contribution in [3.05, 3.63) is 76.9 Å². The molecule has 0 spiro atoms. The summed E-state index contributed by atoms with van der Waals surface area (Å²) in [6.07, 6.45) is 1.00. The molecule has 3 aromatic rings. The molecule has 0 aliphatic carbocycles. The largest absolute Gasteiger partial charge is 0.494 e. The van der Waals surface area contributed by atoms with Crippen molar-refractivity contribution in [1.29, 1.82) is 0 Å². The molecule has 3 aromatic carbocycles. The zero-order chi connectivity index (χ0) is 29.9. The molecule has 222 valence electrons. The highest BCUT2D eigenvalue weighted by atomic mass is 16.7. The van der Waals surface area contributed by atoms with E-state index >= 15 is 0 Å². The van der Waals surface area contributed by atoms with Gasteiger partial charge in [-0.15, -0.1) is 0 Å². The minimum atomic E-state index is -2.05. The Morgan fingerprint density at radius 2 is 1.60 bits per heavy atom. The van der Waals surface area contributed by atoms with Gasteiger partial charge in [0.25, 0.3) is 5.79 Å². The minimum Gasteiger partial charge on any atom is -0.494 e. The first-order chi connectivity index (χ1) is 20.3. The summed E-state index contributed by atoms with van der Waals surface area (Å²) in [6, 6.07) is 15.7. The Hall–Kier alpha value is -4.41. The highest BCUT2D eigenvalue weighted by Crippen LogP contribution is 2.47. The quantitative estimate of drug-likeness (QED) is 0.249. The maximum atomic E-state index is 13.5. The maximum Gasteiger partial charge on any atom is 0.342 e. The molecule has 0 bridgehead atoms. The second-order valence-corrected chi connectivity index (χ2v) is 10.2. The Bertz CT molecular complexity index is 1460. The van der Waals surface area contributed by atoms with E-state index in [4.69, 9.17) is 33.2 Å². The second kappa shape index (κ2) is 12.2. The standard InChI is InChI=1S/C32H35NO9/c1-33(2)13-6-14-39-23-10-8-22(9-11-23)32(35)24(15-20-16-27(36-3)30(38-5)28(17-20)37-4)29(31(34)42-32)21-7-12-25-26(18-21)41-19-40-25/h7-12,16-18,35H,6,13-15,19H2,1-5H3. The van der Waals surface area contributed by atoms with E-state index in [1.807, 2.05) is 14.1 Å². The van der Waals surface area contributed by atoms with Crippen molar-refractivity contribution in [1.82, 2.24) is 4.90 Å². The fraction of sp³-hybridized carbons (Fsp3) is 0.344. The molecule has 10 heteroatoms. The third-order valence-electron chi connectivity index (χ3n) is 7.19. The number of carbonyl (C=O) groups excluding carboxylic acids is 1. The van der Waals surface area contributed by atoms with Crippen LogP contribution in [0.25, 0.3) is 5.57 Å². The molecular weight excluding hydrogens is 542 g/mol. The van der Waals surface area contributed by atoms with Crippen molar-refractivity contribution in [2.75, 3.05) is 55.4 Å². The van der Waals surface area contributed by atoms with Crippen LogP contribution in [0.1, 0.15) is 23.1 Å². The highest BCUT2D eigenvalue weighted by molar-refractivity contribution is 6.20. The summed E-state index contributed by atoms with van der Waals surface area (Å²) < 4.78 is 39.2. The number of esters is 1. The summed E-state index contributed by atoms with van der Waals surface area (Å²) in [4.78, 5) is 15.6. The lowest BCUT2D eigenvalue weighted by Gasteiger charge is -2.26. The molecule has 2 heterocycles. The average molecular weight is 578 g/mol. The predicted octanol–water partition coefficient (Wildman–Crippen LogP) is 4.17. The number of methoxy groups -OCH3 is 3. The number of carbonyl (C=O) groups is 1. The van der Waals surface area contributed by atoms with Crippen LogP contribution in [0, 0.1) is 0 Å². The van der Waals surface area contributed by atoms with E-state index in [1.54, 1.807) is 54.6 Å². The number of ether oxygens (including phenoxy) is 7. The lowest BCUT2D eigenvalue weighted by Crippen LogP contribution is -2.29. The molecule has 5 rings (SSSR count). The number of fused-ring (bicyclic) bond motifs is 1. The summed E-state index contributed by atoms with van der Waals surface area (Å²) in [7, 11) is 8.61. The lowest BCUT2D eigenvalue weighted by atomic mass is 9.88. The van der Waals surface area contributed by atoms with Gasteiger partial charge in [-0.25, -0.2) is 4.79 Å². The monoisotopic (exact) mass is 577 g/mol. The minimum absolute atomic E-state index is 0.0913. The van der Waals surface area contributed by atoms with Crippen LogP contribution in [0.15, 0.2) is 60.2 Å². The number of aliphatic hydroxyl groups is 1.